The molecule has 5 nitrogen and oxygen atoms in total. The van der Waals surface area contributed by atoms with Gasteiger partial charge in [-0.05, 0) is 6.07 Å². The van der Waals surface area contributed by atoms with Crippen molar-refractivity contribution in [2.45, 2.75) is 6.54 Å². The number of halogens is 1. The van der Waals surface area contributed by atoms with E-state index in [1.165, 1.54) is 0 Å². The molecule has 0 radical (unpaired) electrons. The molecule has 2 N–H and O–H groups in total. The lowest BCUT2D eigenvalue weighted by atomic mass is 10.3. The van der Waals surface area contributed by atoms with Crippen LogP contribution in [-0.2, 0) is 13.6 Å². The first-order chi connectivity index (χ1) is 8.04. The van der Waals surface area contributed by atoms with Gasteiger partial charge < -0.3 is 10.6 Å². The lowest BCUT2D eigenvalue weighted by Gasteiger charge is -2.17. The van der Waals surface area contributed by atoms with Crippen molar-refractivity contribution in [3.8, 4) is 0 Å². The fraction of sp³-hybridized carbons (Fsp3) is 0.273. The number of anilines is 2. The Morgan fingerprint density at radius 3 is 2.82 bits per heavy atom. The summed E-state index contributed by atoms with van der Waals surface area (Å²) in [6.07, 6.45) is 3.79. The monoisotopic (exact) mass is 251 g/mol. The van der Waals surface area contributed by atoms with Crippen molar-refractivity contribution < 1.29 is 0 Å². The summed E-state index contributed by atoms with van der Waals surface area (Å²) < 4.78 is 1.77. The van der Waals surface area contributed by atoms with Gasteiger partial charge in [-0.15, -0.1) is 0 Å². The molecule has 0 fully saturated rings. The largest absolute Gasteiger partial charge is 0.399 e. The minimum Gasteiger partial charge on any atom is -0.399 e. The van der Waals surface area contributed by atoms with Crippen LogP contribution in [0.5, 0.6) is 0 Å². The molecule has 2 aromatic heterocycles. The van der Waals surface area contributed by atoms with Gasteiger partial charge in [0.25, 0.3) is 0 Å². The standard InChI is InChI=1S/C11H14ClN5/c1-16(6-8-5-14-17(2)7-8)11-4-9(13)3-10(12)15-11/h3-5,7H,6H2,1-2H3,(H2,13,15). The van der Waals surface area contributed by atoms with Crippen LogP contribution in [0.2, 0.25) is 5.15 Å². The fourth-order valence-corrected chi connectivity index (χ4v) is 1.82. The molecular weight excluding hydrogens is 238 g/mol. The maximum absolute atomic E-state index is 5.87. The molecule has 0 aliphatic rings. The van der Waals surface area contributed by atoms with Gasteiger partial charge in [0, 0.05) is 44.2 Å². The molecule has 0 bridgehead atoms. The Labute approximate surface area is 105 Å². The van der Waals surface area contributed by atoms with Gasteiger partial charge in [-0.2, -0.15) is 5.10 Å². The molecule has 0 amide bonds. The zero-order chi connectivity index (χ0) is 12.4. The minimum atomic E-state index is 0.401. The first-order valence-corrected chi connectivity index (χ1v) is 5.54. The van der Waals surface area contributed by atoms with Crippen LogP contribution < -0.4 is 10.6 Å². The summed E-state index contributed by atoms with van der Waals surface area (Å²) in [5.41, 5.74) is 7.44. The predicted octanol–water partition coefficient (Wildman–Crippen LogP) is 1.69. The highest BCUT2D eigenvalue weighted by Crippen LogP contribution is 2.19. The average Bonchev–Trinajstić information content (AvgIpc) is 2.62. The van der Waals surface area contributed by atoms with Gasteiger partial charge in [0.2, 0.25) is 0 Å². The lowest BCUT2D eigenvalue weighted by molar-refractivity contribution is 0.766. The molecule has 0 atom stereocenters. The second-order valence-corrected chi connectivity index (χ2v) is 4.35. The Kier molecular flexibility index (Phi) is 3.19. The van der Waals surface area contributed by atoms with E-state index in [4.69, 9.17) is 17.3 Å². The number of nitrogens with two attached hydrogens (primary N) is 1. The molecule has 2 heterocycles. The molecule has 2 aromatic rings. The van der Waals surface area contributed by atoms with Crippen molar-refractivity contribution in [2.24, 2.45) is 7.05 Å². The van der Waals surface area contributed by atoms with Gasteiger partial charge >= 0.3 is 0 Å². The first-order valence-electron chi connectivity index (χ1n) is 5.16. The summed E-state index contributed by atoms with van der Waals surface area (Å²) >= 11 is 5.87. The Bertz CT molecular complexity index is 502. The van der Waals surface area contributed by atoms with E-state index in [9.17, 15) is 0 Å². The molecule has 0 saturated carbocycles. The zero-order valence-corrected chi connectivity index (χ0v) is 10.5. The SMILES string of the molecule is CN(Cc1cnn(C)c1)c1cc(N)cc(Cl)n1. The fourth-order valence-electron chi connectivity index (χ4n) is 1.61. The number of nitrogens with zero attached hydrogens (tertiary/aromatic N) is 4. The van der Waals surface area contributed by atoms with Gasteiger partial charge in [0.15, 0.2) is 0 Å². The van der Waals surface area contributed by atoms with Crippen LogP contribution in [0.1, 0.15) is 5.56 Å². The zero-order valence-electron chi connectivity index (χ0n) is 9.76. The van der Waals surface area contributed by atoms with Crippen LogP contribution in [0.4, 0.5) is 11.5 Å². The summed E-state index contributed by atoms with van der Waals surface area (Å²) in [6.45, 7) is 0.709. The van der Waals surface area contributed by atoms with Crippen LogP contribution in [0.25, 0.3) is 0 Å². The van der Waals surface area contributed by atoms with Crippen LogP contribution in [-0.4, -0.2) is 21.8 Å². The molecule has 17 heavy (non-hydrogen) atoms. The van der Waals surface area contributed by atoms with Crippen molar-refractivity contribution in [3.05, 3.63) is 35.2 Å². The van der Waals surface area contributed by atoms with E-state index in [1.807, 2.05) is 31.4 Å². The van der Waals surface area contributed by atoms with Crippen LogP contribution in [0, 0.1) is 0 Å². The normalized spacial score (nSPS) is 10.5. The number of nitrogen functional groups attached to an aromatic ring is 1. The van der Waals surface area contributed by atoms with E-state index in [1.54, 1.807) is 16.8 Å². The Balaban J connectivity index is 2.16. The second-order valence-electron chi connectivity index (χ2n) is 3.96. The van der Waals surface area contributed by atoms with Gasteiger partial charge in [-0.1, -0.05) is 11.6 Å². The van der Waals surface area contributed by atoms with Crippen LogP contribution >= 0.6 is 11.6 Å². The third kappa shape index (κ3) is 2.88. The van der Waals surface area contributed by atoms with Crippen molar-refractivity contribution in [3.63, 3.8) is 0 Å². The number of aromatic nitrogens is 3. The average molecular weight is 252 g/mol. The van der Waals surface area contributed by atoms with Crippen molar-refractivity contribution in [1.29, 1.82) is 0 Å². The summed E-state index contributed by atoms with van der Waals surface area (Å²) in [7, 11) is 3.82. The highest BCUT2D eigenvalue weighted by atomic mass is 35.5. The lowest BCUT2D eigenvalue weighted by Crippen LogP contribution is -2.17. The molecular formula is C11H14ClN5. The number of hydrogen-bond donors (Lipinski definition) is 1. The summed E-state index contributed by atoms with van der Waals surface area (Å²) in [4.78, 5) is 6.19. The first kappa shape index (κ1) is 11.7. The summed E-state index contributed by atoms with van der Waals surface area (Å²) in [5, 5.41) is 4.52. The van der Waals surface area contributed by atoms with Crippen LogP contribution in [0.3, 0.4) is 0 Å². The minimum absolute atomic E-state index is 0.401. The van der Waals surface area contributed by atoms with E-state index in [0.717, 1.165) is 11.4 Å². The molecule has 0 aliphatic carbocycles. The highest BCUT2D eigenvalue weighted by molar-refractivity contribution is 6.29. The van der Waals surface area contributed by atoms with Crippen LogP contribution in [0.15, 0.2) is 24.5 Å². The van der Waals surface area contributed by atoms with Gasteiger partial charge in [0.05, 0.1) is 6.20 Å². The molecule has 0 aromatic carbocycles. The quantitative estimate of drug-likeness (QED) is 0.844. The number of rotatable bonds is 3. The molecule has 0 aliphatic heterocycles. The molecule has 0 saturated heterocycles. The summed E-state index contributed by atoms with van der Waals surface area (Å²) in [6, 6.07) is 3.42. The molecule has 6 heteroatoms. The molecule has 0 spiro atoms. The third-order valence-corrected chi connectivity index (χ3v) is 2.57. The van der Waals surface area contributed by atoms with Gasteiger partial charge in [-0.25, -0.2) is 4.98 Å². The van der Waals surface area contributed by atoms with E-state index >= 15 is 0 Å². The topological polar surface area (TPSA) is 60.0 Å². The second kappa shape index (κ2) is 4.63. The van der Waals surface area contributed by atoms with Crippen molar-refractivity contribution in [1.82, 2.24) is 14.8 Å². The maximum atomic E-state index is 5.87. The maximum Gasteiger partial charge on any atom is 0.133 e. The molecule has 90 valence electrons. The summed E-state index contributed by atoms with van der Waals surface area (Å²) in [5.74, 6) is 0.749. The van der Waals surface area contributed by atoms with E-state index < -0.39 is 0 Å². The molecule has 0 unspecified atom stereocenters. The number of hydrogen-bond acceptors (Lipinski definition) is 4. The van der Waals surface area contributed by atoms with Gasteiger partial charge in [-0.3, -0.25) is 4.68 Å². The molecule has 2 rings (SSSR count). The smallest absolute Gasteiger partial charge is 0.133 e. The Morgan fingerprint density at radius 1 is 1.47 bits per heavy atom. The third-order valence-electron chi connectivity index (χ3n) is 2.37. The Morgan fingerprint density at radius 2 is 2.24 bits per heavy atom. The Hall–Kier alpha value is -1.75. The van der Waals surface area contributed by atoms with E-state index in [-0.39, 0.29) is 0 Å². The van der Waals surface area contributed by atoms with Crippen molar-refractivity contribution >= 4 is 23.1 Å². The number of pyridine rings is 1. The predicted molar refractivity (Wildman–Crippen MR) is 69.0 cm³/mol. The van der Waals surface area contributed by atoms with E-state index in [2.05, 4.69) is 10.1 Å². The van der Waals surface area contributed by atoms with E-state index in [0.29, 0.717) is 17.4 Å². The van der Waals surface area contributed by atoms with Gasteiger partial charge in [0.1, 0.15) is 11.0 Å². The van der Waals surface area contributed by atoms with Crippen molar-refractivity contribution in [2.75, 3.05) is 17.7 Å². The number of aryl methyl sites for hydroxylation is 1. The highest BCUT2D eigenvalue weighted by Gasteiger charge is 2.07.